The molecule has 0 radical (unpaired) electrons. The van der Waals surface area contributed by atoms with Crippen LogP contribution in [0, 0.1) is 0 Å². The molecule has 4 nitrogen and oxygen atoms in total. The van der Waals surface area contributed by atoms with Gasteiger partial charge in [-0.1, -0.05) is 30.3 Å². The van der Waals surface area contributed by atoms with Crippen LogP contribution < -0.4 is 5.73 Å². The van der Waals surface area contributed by atoms with E-state index in [4.69, 9.17) is 15.2 Å². The topological polar surface area (TPSA) is 61.5 Å². The molecule has 4 heteroatoms. The van der Waals surface area contributed by atoms with E-state index in [-0.39, 0.29) is 18.3 Å². The van der Waals surface area contributed by atoms with E-state index in [0.29, 0.717) is 0 Å². The molecule has 0 saturated carbocycles. The predicted octanol–water partition coefficient (Wildman–Crippen LogP) is 2.26. The highest BCUT2D eigenvalue weighted by Gasteiger charge is 2.26. The average molecular weight is 265 g/mol. The first-order valence-corrected chi connectivity index (χ1v) is 6.43. The van der Waals surface area contributed by atoms with Crippen molar-refractivity contribution in [1.82, 2.24) is 0 Å². The molecule has 0 aliphatic rings. The number of carbonyl (C=O) groups is 1. The number of nitrogens with two attached hydrogens (primary N) is 1. The van der Waals surface area contributed by atoms with E-state index in [9.17, 15) is 4.79 Å². The SMILES string of the molecule is CC(OC(C)(C)C)[C@H](N)C(=O)OCc1ccccc1. The summed E-state index contributed by atoms with van der Waals surface area (Å²) in [4.78, 5) is 11.8. The van der Waals surface area contributed by atoms with Crippen molar-refractivity contribution in [2.75, 3.05) is 0 Å². The molecule has 2 N–H and O–H groups in total. The van der Waals surface area contributed by atoms with Crippen molar-refractivity contribution in [3.05, 3.63) is 35.9 Å². The summed E-state index contributed by atoms with van der Waals surface area (Å²) >= 11 is 0. The highest BCUT2D eigenvalue weighted by atomic mass is 16.5. The molecule has 19 heavy (non-hydrogen) atoms. The Morgan fingerprint density at radius 3 is 2.37 bits per heavy atom. The molecule has 0 fully saturated rings. The summed E-state index contributed by atoms with van der Waals surface area (Å²) in [6.45, 7) is 7.78. The quantitative estimate of drug-likeness (QED) is 0.830. The molecule has 2 atom stereocenters. The summed E-state index contributed by atoms with van der Waals surface area (Å²) in [6, 6.07) is 8.73. The Bertz CT molecular complexity index is 398. The van der Waals surface area contributed by atoms with E-state index in [1.165, 1.54) is 0 Å². The van der Waals surface area contributed by atoms with Crippen LogP contribution in [0.5, 0.6) is 0 Å². The van der Waals surface area contributed by atoms with Crippen LogP contribution >= 0.6 is 0 Å². The number of carbonyl (C=O) groups excluding carboxylic acids is 1. The largest absolute Gasteiger partial charge is 0.460 e. The van der Waals surface area contributed by atoms with E-state index < -0.39 is 12.0 Å². The Hall–Kier alpha value is -1.39. The van der Waals surface area contributed by atoms with Crippen LogP contribution in [0.4, 0.5) is 0 Å². The molecule has 0 saturated heterocycles. The molecule has 0 aromatic heterocycles. The first kappa shape index (κ1) is 15.7. The molecule has 1 rings (SSSR count). The Labute approximate surface area is 114 Å². The van der Waals surface area contributed by atoms with Gasteiger partial charge in [0.15, 0.2) is 0 Å². The molecule has 0 amide bonds. The van der Waals surface area contributed by atoms with Gasteiger partial charge in [0.05, 0.1) is 11.7 Å². The Morgan fingerprint density at radius 1 is 1.26 bits per heavy atom. The summed E-state index contributed by atoms with van der Waals surface area (Å²) < 4.78 is 10.8. The minimum absolute atomic E-state index is 0.232. The molecule has 0 heterocycles. The summed E-state index contributed by atoms with van der Waals surface area (Å²) in [5, 5.41) is 0. The second-order valence-corrected chi connectivity index (χ2v) is 5.55. The van der Waals surface area contributed by atoms with Gasteiger partial charge >= 0.3 is 5.97 Å². The van der Waals surface area contributed by atoms with Gasteiger partial charge in [-0.25, -0.2) is 0 Å². The van der Waals surface area contributed by atoms with E-state index in [0.717, 1.165) is 5.56 Å². The lowest BCUT2D eigenvalue weighted by Gasteiger charge is -2.27. The van der Waals surface area contributed by atoms with Crippen LogP contribution in [0.1, 0.15) is 33.3 Å². The Kier molecular flexibility index (Phi) is 5.51. The van der Waals surface area contributed by atoms with Gasteiger partial charge in [0.25, 0.3) is 0 Å². The third-order valence-electron chi connectivity index (χ3n) is 2.54. The summed E-state index contributed by atoms with van der Waals surface area (Å²) in [5.74, 6) is -0.444. The lowest BCUT2D eigenvalue weighted by atomic mass is 10.1. The molecule has 1 unspecified atom stereocenters. The number of benzene rings is 1. The van der Waals surface area contributed by atoms with Crippen molar-refractivity contribution in [2.45, 2.75) is 52.0 Å². The van der Waals surface area contributed by atoms with Crippen LogP contribution in [0.2, 0.25) is 0 Å². The predicted molar refractivity (Wildman–Crippen MR) is 74.5 cm³/mol. The first-order valence-electron chi connectivity index (χ1n) is 6.43. The molecule has 0 aliphatic heterocycles. The highest BCUT2D eigenvalue weighted by Crippen LogP contribution is 2.13. The van der Waals surface area contributed by atoms with Crippen LogP contribution in [-0.2, 0) is 20.9 Å². The number of rotatable bonds is 5. The van der Waals surface area contributed by atoms with Crippen molar-refractivity contribution in [3.8, 4) is 0 Å². The maximum Gasteiger partial charge on any atom is 0.325 e. The van der Waals surface area contributed by atoms with Gasteiger partial charge in [-0.15, -0.1) is 0 Å². The maximum atomic E-state index is 11.8. The average Bonchev–Trinajstić information content (AvgIpc) is 2.34. The lowest BCUT2D eigenvalue weighted by Crippen LogP contribution is -2.45. The monoisotopic (exact) mass is 265 g/mol. The fourth-order valence-electron chi connectivity index (χ4n) is 1.65. The standard InChI is InChI=1S/C15H23NO3/c1-11(19-15(2,3)4)13(16)14(17)18-10-12-8-6-5-7-9-12/h5-9,11,13H,10,16H2,1-4H3/t11?,13-/m0/s1. The molecule has 1 aromatic rings. The third kappa shape index (κ3) is 5.85. The molecule has 1 aromatic carbocycles. The van der Waals surface area contributed by atoms with Crippen molar-refractivity contribution in [2.24, 2.45) is 5.73 Å². The Balaban J connectivity index is 2.44. The zero-order chi connectivity index (χ0) is 14.5. The van der Waals surface area contributed by atoms with Gasteiger partial charge in [0.1, 0.15) is 12.6 Å². The first-order chi connectivity index (χ1) is 8.79. The van der Waals surface area contributed by atoms with Gasteiger partial charge in [0, 0.05) is 0 Å². The van der Waals surface area contributed by atoms with E-state index in [2.05, 4.69) is 0 Å². The van der Waals surface area contributed by atoms with Crippen molar-refractivity contribution in [1.29, 1.82) is 0 Å². The minimum atomic E-state index is -0.775. The minimum Gasteiger partial charge on any atom is -0.460 e. The normalized spacial score (nSPS) is 14.8. The summed E-state index contributed by atoms with van der Waals surface area (Å²) in [6.07, 6.45) is -0.386. The Morgan fingerprint density at radius 2 is 1.84 bits per heavy atom. The molecule has 106 valence electrons. The smallest absolute Gasteiger partial charge is 0.325 e. The third-order valence-corrected chi connectivity index (χ3v) is 2.54. The summed E-state index contributed by atoms with van der Waals surface area (Å²) in [5.41, 5.74) is 6.43. The van der Waals surface area contributed by atoms with Crippen molar-refractivity contribution >= 4 is 5.97 Å². The molecule has 0 bridgehead atoms. The number of hydrogen-bond donors (Lipinski definition) is 1. The van der Waals surface area contributed by atoms with Crippen molar-refractivity contribution < 1.29 is 14.3 Å². The fourth-order valence-corrected chi connectivity index (χ4v) is 1.65. The number of ether oxygens (including phenoxy) is 2. The molecule has 0 spiro atoms. The van der Waals surface area contributed by atoms with E-state index in [1.54, 1.807) is 6.92 Å². The second kappa shape index (κ2) is 6.68. The van der Waals surface area contributed by atoms with Crippen LogP contribution in [0.25, 0.3) is 0 Å². The number of esters is 1. The fraction of sp³-hybridized carbons (Fsp3) is 0.533. The second-order valence-electron chi connectivity index (χ2n) is 5.55. The van der Waals surface area contributed by atoms with Gasteiger partial charge in [-0.2, -0.15) is 0 Å². The van der Waals surface area contributed by atoms with Gasteiger partial charge < -0.3 is 15.2 Å². The van der Waals surface area contributed by atoms with Gasteiger partial charge in [-0.3, -0.25) is 4.79 Å². The van der Waals surface area contributed by atoms with Crippen molar-refractivity contribution in [3.63, 3.8) is 0 Å². The summed E-state index contributed by atoms with van der Waals surface area (Å²) in [7, 11) is 0. The molecular formula is C15H23NO3. The van der Waals surface area contributed by atoms with Gasteiger partial charge in [-0.05, 0) is 33.3 Å². The van der Waals surface area contributed by atoms with Crippen LogP contribution in [0.15, 0.2) is 30.3 Å². The number of hydrogen-bond acceptors (Lipinski definition) is 4. The molecular weight excluding hydrogens is 242 g/mol. The van der Waals surface area contributed by atoms with E-state index in [1.807, 2.05) is 51.1 Å². The lowest BCUT2D eigenvalue weighted by molar-refractivity contribution is -0.153. The highest BCUT2D eigenvalue weighted by molar-refractivity contribution is 5.76. The van der Waals surface area contributed by atoms with Crippen LogP contribution in [-0.4, -0.2) is 23.7 Å². The van der Waals surface area contributed by atoms with Crippen LogP contribution in [0.3, 0.4) is 0 Å². The van der Waals surface area contributed by atoms with Gasteiger partial charge in [0.2, 0.25) is 0 Å². The maximum absolute atomic E-state index is 11.8. The zero-order valence-electron chi connectivity index (χ0n) is 12.1. The zero-order valence-corrected chi connectivity index (χ0v) is 12.1. The van der Waals surface area contributed by atoms with E-state index >= 15 is 0 Å². The molecule has 0 aliphatic carbocycles.